The number of nitrogens with one attached hydrogen (secondary N) is 1. The van der Waals surface area contributed by atoms with E-state index < -0.39 is 0 Å². The SMILES string of the molecule is CCOc1ncccc1NC(=O)c1cc(Br)cc(Br)c1. The van der Waals surface area contributed by atoms with E-state index in [2.05, 4.69) is 42.2 Å². The average Bonchev–Trinajstić information content (AvgIpc) is 2.40. The Hall–Kier alpha value is -1.40. The fourth-order valence-corrected chi connectivity index (χ4v) is 2.91. The zero-order chi connectivity index (χ0) is 14.5. The molecular formula is C14H12Br2N2O2. The van der Waals surface area contributed by atoms with Crippen LogP contribution in [0.1, 0.15) is 17.3 Å². The van der Waals surface area contributed by atoms with Crippen molar-refractivity contribution in [3.05, 3.63) is 51.0 Å². The average molecular weight is 400 g/mol. The van der Waals surface area contributed by atoms with Gasteiger partial charge in [-0.2, -0.15) is 0 Å². The van der Waals surface area contributed by atoms with Crippen molar-refractivity contribution in [1.29, 1.82) is 0 Å². The molecule has 0 aliphatic carbocycles. The minimum atomic E-state index is -0.221. The molecule has 0 spiro atoms. The minimum Gasteiger partial charge on any atom is -0.476 e. The van der Waals surface area contributed by atoms with Crippen LogP contribution in [0.25, 0.3) is 0 Å². The lowest BCUT2D eigenvalue weighted by Gasteiger charge is -2.10. The Bertz CT molecular complexity index is 612. The third-order valence-electron chi connectivity index (χ3n) is 2.43. The Morgan fingerprint density at radius 3 is 2.65 bits per heavy atom. The van der Waals surface area contributed by atoms with Crippen LogP contribution in [0.15, 0.2) is 45.5 Å². The first-order chi connectivity index (χ1) is 9.60. The van der Waals surface area contributed by atoms with Gasteiger partial charge in [-0.25, -0.2) is 4.98 Å². The Morgan fingerprint density at radius 2 is 2.00 bits per heavy atom. The maximum Gasteiger partial charge on any atom is 0.255 e. The van der Waals surface area contributed by atoms with Crippen molar-refractivity contribution in [2.24, 2.45) is 0 Å². The Balaban J connectivity index is 2.23. The molecule has 0 aliphatic heterocycles. The zero-order valence-corrected chi connectivity index (χ0v) is 13.9. The summed E-state index contributed by atoms with van der Waals surface area (Å²) in [5.74, 6) is 0.193. The summed E-state index contributed by atoms with van der Waals surface area (Å²) in [5.41, 5.74) is 1.09. The number of aromatic nitrogens is 1. The van der Waals surface area contributed by atoms with E-state index in [9.17, 15) is 4.79 Å². The predicted octanol–water partition coefficient (Wildman–Crippen LogP) is 4.26. The van der Waals surface area contributed by atoms with Gasteiger partial charge in [0, 0.05) is 20.7 Å². The van der Waals surface area contributed by atoms with Crippen LogP contribution in [0.3, 0.4) is 0 Å². The number of carbonyl (C=O) groups is 1. The highest BCUT2D eigenvalue weighted by Crippen LogP contribution is 2.24. The highest BCUT2D eigenvalue weighted by Gasteiger charge is 2.11. The van der Waals surface area contributed by atoms with Gasteiger partial charge >= 0.3 is 0 Å². The molecule has 2 rings (SSSR count). The van der Waals surface area contributed by atoms with E-state index in [0.717, 1.165) is 8.95 Å². The molecule has 0 bridgehead atoms. The van der Waals surface area contributed by atoms with Crippen molar-refractivity contribution in [2.45, 2.75) is 6.92 Å². The Morgan fingerprint density at radius 1 is 1.30 bits per heavy atom. The number of ether oxygens (including phenoxy) is 1. The lowest BCUT2D eigenvalue weighted by Crippen LogP contribution is -2.13. The lowest BCUT2D eigenvalue weighted by atomic mass is 10.2. The van der Waals surface area contributed by atoms with Gasteiger partial charge in [0.2, 0.25) is 5.88 Å². The molecule has 0 saturated heterocycles. The second kappa shape index (κ2) is 6.85. The largest absolute Gasteiger partial charge is 0.476 e. The summed E-state index contributed by atoms with van der Waals surface area (Å²) in [6.45, 7) is 2.36. The number of benzene rings is 1. The summed E-state index contributed by atoms with van der Waals surface area (Å²) in [6, 6.07) is 8.86. The zero-order valence-electron chi connectivity index (χ0n) is 10.7. The molecule has 0 saturated carbocycles. The van der Waals surface area contributed by atoms with Gasteiger partial charge in [-0.1, -0.05) is 31.9 Å². The van der Waals surface area contributed by atoms with Crippen molar-refractivity contribution >= 4 is 43.5 Å². The molecule has 1 aromatic carbocycles. The first kappa shape index (κ1) is 15.0. The normalized spacial score (nSPS) is 10.2. The summed E-state index contributed by atoms with van der Waals surface area (Å²) < 4.78 is 7.03. The molecule has 0 atom stereocenters. The summed E-state index contributed by atoms with van der Waals surface area (Å²) in [4.78, 5) is 16.3. The van der Waals surface area contributed by atoms with E-state index in [0.29, 0.717) is 23.7 Å². The maximum absolute atomic E-state index is 12.2. The number of halogens is 2. The summed E-state index contributed by atoms with van der Waals surface area (Å²) in [6.07, 6.45) is 1.62. The highest BCUT2D eigenvalue weighted by molar-refractivity contribution is 9.11. The number of rotatable bonds is 4. The fourth-order valence-electron chi connectivity index (χ4n) is 1.62. The van der Waals surface area contributed by atoms with Crippen molar-refractivity contribution < 1.29 is 9.53 Å². The third-order valence-corrected chi connectivity index (χ3v) is 3.34. The van der Waals surface area contributed by atoms with Crippen molar-refractivity contribution in [3.63, 3.8) is 0 Å². The number of carbonyl (C=O) groups excluding carboxylic acids is 1. The van der Waals surface area contributed by atoms with Crippen molar-refractivity contribution in [2.75, 3.05) is 11.9 Å². The quantitative estimate of drug-likeness (QED) is 0.835. The fraction of sp³-hybridized carbons (Fsp3) is 0.143. The molecule has 1 aromatic heterocycles. The molecule has 104 valence electrons. The van der Waals surface area contributed by atoms with Crippen LogP contribution in [0, 0.1) is 0 Å². The number of pyridine rings is 1. The first-order valence-electron chi connectivity index (χ1n) is 5.95. The van der Waals surface area contributed by atoms with Gasteiger partial charge in [0.1, 0.15) is 5.69 Å². The van der Waals surface area contributed by atoms with Crippen molar-refractivity contribution in [1.82, 2.24) is 4.98 Å². The van der Waals surface area contributed by atoms with Gasteiger partial charge in [0.15, 0.2) is 0 Å². The number of amides is 1. The van der Waals surface area contributed by atoms with Crippen LogP contribution in [-0.2, 0) is 0 Å². The number of anilines is 1. The minimum absolute atomic E-state index is 0.221. The van der Waals surface area contributed by atoms with E-state index in [4.69, 9.17) is 4.74 Å². The molecule has 6 heteroatoms. The Kier molecular flexibility index (Phi) is 5.14. The van der Waals surface area contributed by atoms with Gasteiger partial charge < -0.3 is 10.1 Å². The molecule has 0 aliphatic rings. The molecule has 0 radical (unpaired) electrons. The highest BCUT2D eigenvalue weighted by atomic mass is 79.9. The standard InChI is InChI=1S/C14H12Br2N2O2/c1-2-20-14-12(4-3-5-17-14)18-13(19)9-6-10(15)8-11(16)7-9/h3-8H,2H2,1H3,(H,18,19). The topological polar surface area (TPSA) is 51.2 Å². The van der Waals surface area contributed by atoms with E-state index in [1.807, 2.05) is 13.0 Å². The van der Waals surface area contributed by atoms with Gasteiger partial charge in [-0.05, 0) is 37.3 Å². The summed E-state index contributed by atoms with van der Waals surface area (Å²) in [7, 11) is 0. The van der Waals surface area contributed by atoms with E-state index in [-0.39, 0.29) is 5.91 Å². The summed E-state index contributed by atoms with van der Waals surface area (Å²) in [5, 5.41) is 2.80. The molecule has 1 N–H and O–H groups in total. The van der Waals surface area contributed by atoms with Crippen molar-refractivity contribution in [3.8, 4) is 5.88 Å². The molecule has 4 nitrogen and oxygen atoms in total. The monoisotopic (exact) mass is 398 g/mol. The maximum atomic E-state index is 12.2. The van der Waals surface area contributed by atoms with Gasteiger partial charge in [0.25, 0.3) is 5.91 Å². The van der Waals surface area contributed by atoms with E-state index >= 15 is 0 Å². The number of nitrogens with zero attached hydrogens (tertiary/aromatic N) is 1. The van der Waals surface area contributed by atoms with Crippen LogP contribution in [0.2, 0.25) is 0 Å². The first-order valence-corrected chi connectivity index (χ1v) is 7.54. The summed E-state index contributed by atoms with van der Waals surface area (Å²) >= 11 is 6.72. The van der Waals surface area contributed by atoms with Gasteiger partial charge in [-0.3, -0.25) is 4.79 Å². The smallest absolute Gasteiger partial charge is 0.255 e. The van der Waals surface area contributed by atoms with Gasteiger partial charge in [-0.15, -0.1) is 0 Å². The van der Waals surface area contributed by atoms with Gasteiger partial charge in [0.05, 0.1) is 6.61 Å². The van der Waals surface area contributed by atoms with Crippen LogP contribution < -0.4 is 10.1 Å². The molecule has 1 heterocycles. The predicted molar refractivity (Wildman–Crippen MR) is 85.2 cm³/mol. The van der Waals surface area contributed by atoms with Crippen LogP contribution in [0.4, 0.5) is 5.69 Å². The molecule has 1 amide bonds. The van der Waals surface area contributed by atoms with E-state index in [1.54, 1.807) is 30.5 Å². The van der Waals surface area contributed by atoms with Crippen LogP contribution in [0.5, 0.6) is 5.88 Å². The van der Waals surface area contributed by atoms with Crippen LogP contribution >= 0.6 is 31.9 Å². The molecule has 0 unspecified atom stereocenters. The molecule has 2 aromatic rings. The number of hydrogen-bond donors (Lipinski definition) is 1. The molecular weight excluding hydrogens is 388 g/mol. The third kappa shape index (κ3) is 3.80. The second-order valence-corrected chi connectivity index (χ2v) is 5.73. The second-order valence-electron chi connectivity index (χ2n) is 3.90. The molecule has 0 fully saturated rings. The molecule has 20 heavy (non-hydrogen) atoms. The Labute approximate surface area is 133 Å². The van der Waals surface area contributed by atoms with E-state index in [1.165, 1.54) is 0 Å². The van der Waals surface area contributed by atoms with Crippen LogP contribution in [-0.4, -0.2) is 17.5 Å². The number of hydrogen-bond acceptors (Lipinski definition) is 3. The lowest BCUT2D eigenvalue weighted by molar-refractivity contribution is 0.102.